The van der Waals surface area contributed by atoms with Gasteiger partial charge in [-0.2, -0.15) is 5.26 Å². The van der Waals surface area contributed by atoms with Crippen molar-refractivity contribution in [3.8, 4) is 6.07 Å². The Hall–Kier alpha value is -2.55. The van der Waals surface area contributed by atoms with Gasteiger partial charge in [0.15, 0.2) is 0 Å². The smallest absolute Gasteiger partial charge is 0.317 e. The summed E-state index contributed by atoms with van der Waals surface area (Å²) < 4.78 is 0. The summed E-state index contributed by atoms with van der Waals surface area (Å²) in [5, 5.41) is 20.2. The number of carboxylic acids is 1. The third-order valence-corrected chi connectivity index (χ3v) is 3.21. The molecule has 2 N–H and O–H groups in total. The van der Waals surface area contributed by atoms with E-state index in [9.17, 15) is 9.59 Å². The van der Waals surface area contributed by atoms with Crippen molar-refractivity contribution in [3.05, 3.63) is 35.4 Å². The number of likely N-dealkylation sites (tertiary alicyclic amines) is 1. The van der Waals surface area contributed by atoms with Crippen molar-refractivity contribution >= 4 is 12.0 Å². The third-order valence-electron chi connectivity index (χ3n) is 3.21. The minimum Gasteiger partial charge on any atom is -0.481 e. The number of nitrogens with zero attached hydrogens (tertiary/aromatic N) is 2. The Bertz CT molecular complexity index is 559. The second kappa shape index (κ2) is 6.06. The number of carboxylic acid groups (broad SMARTS) is 1. The lowest BCUT2D eigenvalue weighted by Crippen LogP contribution is -2.54. The lowest BCUT2D eigenvalue weighted by Gasteiger charge is -2.38. The fourth-order valence-electron chi connectivity index (χ4n) is 2.15. The quantitative estimate of drug-likeness (QED) is 0.861. The van der Waals surface area contributed by atoms with Gasteiger partial charge in [-0.1, -0.05) is 12.1 Å². The summed E-state index contributed by atoms with van der Waals surface area (Å²) in [5.41, 5.74) is 1.42. The summed E-state index contributed by atoms with van der Waals surface area (Å²) in [6.45, 7) is 1.32. The molecule has 1 aliphatic rings. The highest BCUT2D eigenvalue weighted by Gasteiger charge is 2.31. The zero-order valence-corrected chi connectivity index (χ0v) is 10.9. The van der Waals surface area contributed by atoms with Gasteiger partial charge in [-0.25, -0.2) is 4.79 Å². The van der Waals surface area contributed by atoms with Crippen LogP contribution in [0.25, 0.3) is 0 Å². The van der Waals surface area contributed by atoms with Crippen molar-refractivity contribution in [2.45, 2.75) is 13.0 Å². The summed E-state index contributed by atoms with van der Waals surface area (Å²) >= 11 is 0. The first-order valence-corrected chi connectivity index (χ1v) is 6.32. The second-order valence-corrected chi connectivity index (χ2v) is 4.84. The molecule has 0 spiro atoms. The molecule has 2 rings (SSSR count). The van der Waals surface area contributed by atoms with Gasteiger partial charge in [0.1, 0.15) is 0 Å². The van der Waals surface area contributed by atoms with Crippen LogP contribution in [0.1, 0.15) is 17.5 Å². The number of urea groups is 1. The van der Waals surface area contributed by atoms with E-state index in [1.54, 1.807) is 23.1 Å². The normalized spacial score (nSPS) is 14.2. The highest BCUT2D eigenvalue weighted by Crippen LogP contribution is 2.18. The topological polar surface area (TPSA) is 93.4 Å². The number of rotatable bonds is 4. The van der Waals surface area contributed by atoms with Crippen LogP contribution in [0.2, 0.25) is 0 Å². The Kier molecular flexibility index (Phi) is 4.20. The summed E-state index contributed by atoms with van der Waals surface area (Å²) in [7, 11) is 0. The predicted octanol–water partition coefficient (Wildman–Crippen LogP) is 1.17. The molecule has 6 heteroatoms. The molecule has 2 amide bonds. The first kappa shape index (κ1) is 13.9. The molecule has 6 nitrogen and oxygen atoms in total. The van der Waals surface area contributed by atoms with Crippen LogP contribution < -0.4 is 5.32 Å². The summed E-state index contributed by atoms with van der Waals surface area (Å²) in [5.74, 6) is -0.774. The molecule has 1 aromatic carbocycles. The van der Waals surface area contributed by atoms with Gasteiger partial charge in [0.2, 0.25) is 0 Å². The van der Waals surface area contributed by atoms with Gasteiger partial charge < -0.3 is 15.3 Å². The van der Waals surface area contributed by atoms with Crippen molar-refractivity contribution < 1.29 is 14.7 Å². The summed E-state index contributed by atoms with van der Waals surface area (Å²) in [6, 6.07) is 8.88. The average Bonchev–Trinajstić information content (AvgIpc) is 2.39. The molecule has 0 radical (unpaired) electrons. The molecule has 1 fully saturated rings. The number of hydrogen-bond donors (Lipinski definition) is 2. The maximum atomic E-state index is 11.8. The van der Waals surface area contributed by atoms with Crippen LogP contribution >= 0.6 is 0 Å². The fraction of sp³-hybridized carbons (Fsp3) is 0.357. The Morgan fingerprint density at radius 3 is 2.85 bits per heavy atom. The zero-order chi connectivity index (χ0) is 14.5. The van der Waals surface area contributed by atoms with Gasteiger partial charge >= 0.3 is 12.0 Å². The van der Waals surface area contributed by atoms with Gasteiger partial charge in [0, 0.05) is 25.6 Å². The van der Waals surface area contributed by atoms with Gasteiger partial charge in [0.25, 0.3) is 0 Å². The summed E-state index contributed by atoms with van der Waals surface area (Å²) in [4.78, 5) is 23.9. The fourth-order valence-corrected chi connectivity index (χ4v) is 2.15. The zero-order valence-electron chi connectivity index (χ0n) is 10.9. The molecule has 104 valence electrons. The second-order valence-electron chi connectivity index (χ2n) is 4.84. The van der Waals surface area contributed by atoms with Gasteiger partial charge in [-0.3, -0.25) is 4.79 Å². The van der Waals surface area contributed by atoms with Gasteiger partial charge in [0.05, 0.1) is 18.1 Å². The number of carbonyl (C=O) groups is 2. The molecule has 0 unspecified atom stereocenters. The summed E-state index contributed by atoms with van der Waals surface area (Å²) in [6.07, 6.45) is 0.105. The number of nitrogens with one attached hydrogen (secondary N) is 1. The molecule has 1 aromatic rings. The van der Waals surface area contributed by atoms with E-state index in [1.807, 2.05) is 12.1 Å². The number of aliphatic carboxylic acids is 1. The molecule has 1 heterocycles. The standard InChI is InChI=1S/C14H15N3O3/c15-6-10-2-1-3-11(4-10)7-16-14(20)17-8-12(9-17)5-13(18)19/h1-4,12H,5,7-9H2,(H,16,20)(H,18,19). The number of nitriles is 1. The Morgan fingerprint density at radius 2 is 2.20 bits per heavy atom. The molecular formula is C14H15N3O3. The van der Waals surface area contributed by atoms with Crippen LogP contribution in [-0.2, 0) is 11.3 Å². The van der Waals surface area contributed by atoms with E-state index in [0.29, 0.717) is 25.2 Å². The maximum absolute atomic E-state index is 11.8. The first-order chi connectivity index (χ1) is 9.58. The third kappa shape index (κ3) is 3.48. The van der Waals surface area contributed by atoms with E-state index in [0.717, 1.165) is 5.56 Å². The number of hydrogen-bond acceptors (Lipinski definition) is 3. The molecule has 1 aliphatic heterocycles. The van der Waals surface area contributed by atoms with E-state index in [2.05, 4.69) is 5.32 Å². The van der Waals surface area contributed by atoms with Crippen molar-refractivity contribution in [3.63, 3.8) is 0 Å². The highest BCUT2D eigenvalue weighted by atomic mass is 16.4. The lowest BCUT2D eigenvalue weighted by atomic mass is 9.97. The van der Waals surface area contributed by atoms with Crippen molar-refractivity contribution in [2.75, 3.05) is 13.1 Å². The Morgan fingerprint density at radius 1 is 1.45 bits per heavy atom. The van der Waals surface area contributed by atoms with Crippen LogP contribution in [0, 0.1) is 17.2 Å². The molecule has 0 aliphatic carbocycles. The number of benzene rings is 1. The molecule has 1 saturated heterocycles. The first-order valence-electron chi connectivity index (χ1n) is 6.32. The van der Waals surface area contributed by atoms with E-state index < -0.39 is 5.97 Å². The minimum atomic E-state index is -0.830. The number of amides is 2. The van der Waals surface area contributed by atoms with Gasteiger partial charge in [-0.05, 0) is 17.7 Å². The van der Waals surface area contributed by atoms with Crippen LogP contribution in [0.5, 0.6) is 0 Å². The van der Waals surface area contributed by atoms with Crippen LogP contribution in [-0.4, -0.2) is 35.1 Å². The monoisotopic (exact) mass is 273 g/mol. The largest absolute Gasteiger partial charge is 0.481 e. The Balaban J connectivity index is 1.76. The molecule has 20 heavy (non-hydrogen) atoms. The van der Waals surface area contributed by atoms with Crippen molar-refractivity contribution in [1.29, 1.82) is 5.26 Å². The van der Waals surface area contributed by atoms with Crippen LogP contribution in [0.4, 0.5) is 4.79 Å². The molecular weight excluding hydrogens is 258 g/mol. The van der Waals surface area contributed by atoms with Crippen molar-refractivity contribution in [2.24, 2.45) is 5.92 Å². The molecule has 0 bridgehead atoms. The van der Waals surface area contributed by atoms with E-state index >= 15 is 0 Å². The van der Waals surface area contributed by atoms with E-state index in [1.165, 1.54) is 0 Å². The maximum Gasteiger partial charge on any atom is 0.317 e. The highest BCUT2D eigenvalue weighted by molar-refractivity contribution is 5.75. The van der Waals surface area contributed by atoms with Crippen LogP contribution in [0.3, 0.4) is 0 Å². The number of carbonyl (C=O) groups excluding carboxylic acids is 1. The molecule has 0 saturated carbocycles. The average molecular weight is 273 g/mol. The lowest BCUT2D eigenvalue weighted by molar-refractivity contribution is -0.139. The molecule has 0 aromatic heterocycles. The minimum absolute atomic E-state index is 0.0557. The van der Waals surface area contributed by atoms with Crippen molar-refractivity contribution in [1.82, 2.24) is 10.2 Å². The van der Waals surface area contributed by atoms with Crippen LogP contribution in [0.15, 0.2) is 24.3 Å². The SMILES string of the molecule is N#Cc1cccc(CNC(=O)N2CC(CC(=O)O)C2)c1. The Labute approximate surface area is 116 Å². The van der Waals surface area contributed by atoms with E-state index in [-0.39, 0.29) is 18.4 Å². The van der Waals surface area contributed by atoms with E-state index in [4.69, 9.17) is 10.4 Å². The predicted molar refractivity (Wildman–Crippen MR) is 70.7 cm³/mol. The molecule has 0 atom stereocenters. The van der Waals surface area contributed by atoms with Gasteiger partial charge in [-0.15, -0.1) is 0 Å².